The van der Waals surface area contributed by atoms with Gasteiger partial charge >= 0.3 is 0 Å². The molecular formula is C16H14ClN5O2S. The molecule has 0 unspecified atom stereocenters. The van der Waals surface area contributed by atoms with Crippen LogP contribution in [0.1, 0.15) is 5.76 Å². The van der Waals surface area contributed by atoms with Crippen LogP contribution in [0.4, 0.5) is 0 Å². The minimum absolute atomic E-state index is 0.169. The number of hydrogen-bond donors (Lipinski definition) is 1. The van der Waals surface area contributed by atoms with E-state index in [1.165, 1.54) is 24.2 Å². The Morgan fingerprint density at radius 3 is 2.88 bits per heavy atom. The zero-order valence-electron chi connectivity index (χ0n) is 13.2. The molecule has 25 heavy (non-hydrogen) atoms. The summed E-state index contributed by atoms with van der Waals surface area (Å²) in [5.74, 6) is 1.19. The number of furan rings is 1. The van der Waals surface area contributed by atoms with Crippen molar-refractivity contribution in [2.24, 2.45) is 12.1 Å². The third-order valence-electron chi connectivity index (χ3n) is 3.19. The van der Waals surface area contributed by atoms with Gasteiger partial charge in [-0.15, -0.1) is 10.2 Å². The molecule has 0 spiro atoms. The zero-order valence-corrected chi connectivity index (χ0v) is 14.8. The monoisotopic (exact) mass is 375 g/mol. The van der Waals surface area contributed by atoms with Crippen LogP contribution < -0.4 is 5.43 Å². The summed E-state index contributed by atoms with van der Waals surface area (Å²) in [4.78, 5) is 11.8. The number of hydrogen-bond acceptors (Lipinski definition) is 6. The average Bonchev–Trinajstić information content (AvgIpc) is 3.24. The van der Waals surface area contributed by atoms with E-state index in [9.17, 15) is 4.79 Å². The van der Waals surface area contributed by atoms with Crippen LogP contribution in [0, 0.1) is 0 Å². The standard InChI is InChI=1S/C16H14ClN5O2S/c1-22-15(11-4-6-12(17)7-5-11)20-21-16(22)25-10-14(23)19-18-9-13-3-2-8-24-13/h2-9H,10H2,1H3,(H,19,23)/b18-9+. The topological polar surface area (TPSA) is 85.3 Å². The lowest BCUT2D eigenvalue weighted by Gasteiger charge is -2.03. The normalized spacial score (nSPS) is 11.1. The highest BCUT2D eigenvalue weighted by Crippen LogP contribution is 2.23. The molecule has 1 aromatic carbocycles. The Balaban J connectivity index is 1.56. The molecule has 0 aliphatic rings. The molecule has 0 radical (unpaired) electrons. The summed E-state index contributed by atoms with van der Waals surface area (Å²) in [5.41, 5.74) is 3.33. The Kier molecular flexibility index (Phi) is 5.52. The van der Waals surface area contributed by atoms with Gasteiger partial charge in [-0.05, 0) is 36.4 Å². The van der Waals surface area contributed by atoms with E-state index in [1.54, 1.807) is 24.3 Å². The zero-order chi connectivity index (χ0) is 17.6. The summed E-state index contributed by atoms with van der Waals surface area (Å²) in [6, 6.07) is 10.8. The minimum atomic E-state index is -0.246. The van der Waals surface area contributed by atoms with Crippen molar-refractivity contribution in [3.63, 3.8) is 0 Å². The van der Waals surface area contributed by atoms with Gasteiger partial charge in [0.05, 0.1) is 18.2 Å². The van der Waals surface area contributed by atoms with Crippen LogP contribution in [-0.4, -0.2) is 32.6 Å². The van der Waals surface area contributed by atoms with Crippen LogP contribution in [0.25, 0.3) is 11.4 Å². The van der Waals surface area contributed by atoms with Crippen LogP contribution in [-0.2, 0) is 11.8 Å². The van der Waals surface area contributed by atoms with Crippen LogP contribution in [0.2, 0.25) is 5.02 Å². The summed E-state index contributed by atoms with van der Waals surface area (Å²) in [6.45, 7) is 0. The van der Waals surface area contributed by atoms with E-state index in [0.29, 0.717) is 21.8 Å². The van der Waals surface area contributed by atoms with E-state index in [0.717, 1.165) is 5.56 Å². The van der Waals surface area contributed by atoms with Gasteiger partial charge in [0, 0.05) is 17.6 Å². The molecule has 0 fully saturated rings. The third-order valence-corrected chi connectivity index (χ3v) is 4.47. The highest BCUT2D eigenvalue weighted by atomic mass is 35.5. The quantitative estimate of drug-likeness (QED) is 0.406. The molecule has 7 nitrogen and oxygen atoms in total. The fraction of sp³-hybridized carbons (Fsp3) is 0.125. The number of carbonyl (C=O) groups excluding carboxylic acids is 1. The maximum Gasteiger partial charge on any atom is 0.250 e. The number of amides is 1. The van der Waals surface area contributed by atoms with Crippen molar-refractivity contribution in [3.8, 4) is 11.4 Å². The second-order valence-corrected chi connectivity index (χ2v) is 6.35. The lowest BCUT2D eigenvalue weighted by molar-refractivity contribution is -0.118. The van der Waals surface area contributed by atoms with Gasteiger partial charge in [-0.25, -0.2) is 5.43 Å². The van der Waals surface area contributed by atoms with E-state index in [1.807, 2.05) is 23.7 Å². The van der Waals surface area contributed by atoms with E-state index in [2.05, 4.69) is 20.7 Å². The molecule has 3 aromatic rings. The van der Waals surface area contributed by atoms with E-state index < -0.39 is 0 Å². The highest BCUT2D eigenvalue weighted by molar-refractivity contribution is 7.99. The van der Waals surface area contributed by atoms with Crippen LogP contribution in [0.3, 0.4) is 0 Å². The molecule has 0 atom stereocenters. The molecule has 9 heteroatoms. The summed E-state index contributed by atoms with van der Waals surface area (Å²) < 4.78 is 6.90. The van der Waals surface area contributed by atoms with Gasteiger partial charge in [0.25, 0.3) is 5.91 Å². The molecule has 2 aromatic heterocycles. The van der Waals surface area contributed by atoms with Gasteiger partial charge in [-0.1, -0.05) is 23.4 Å². The Bertz CT molecular complexity index is 875. The highest BCUT2D eigenvalue weighted by Gasteiger charge is 2.12. The Morgan fingerprint density at radius 1 is 1.36 bits per heavy atom. The number of nitrogens with one attached hydrogen (secondary N) is 1. The van der Waals surface area contributed by atoms with Gasteiger partial charge < -0.3 is 8.98 Å². The molecule has 2 heterocycles. The van der Waals surface area contributed by atoms with Crippen molar-refractivity contribution in [3.05, 3.63) is 53.4 Å². The van der Waals surface area contributed by atoms with E-state index in [-0.39, 0.29) is 11.7 Å². The van der Waals surface area contributed by atoms with Crippen molar-refractivity contribution < 1.29 is 9.21 Å². The molecule has 0 aliphatic heterocycles. The van der Waals surface area contributed by atoms with Crippen molar-refractivity contribution in [1.82, 2.24) is 20.2 Å². The first-order chi connectivity index (χ1) is 12.1. The Hall–Kier alpha value is -2.58. The first-order valence-corrected chi connectivity index (χ1v) is 8.63. The second kappa shape index (κ2) is 8.00. The largest absolute Gasteiger partial charge is 0.463 e. The fourth-order valence-corrected chi connectivity index (χ4v) is 2.82. The number of rotatable bonds is 6. The van der Waals surface area contributed by atoms with Crippen LogP contribution in [0.15, 0.2) is 57.3 Å². The summed E-state index contributed by atoms with van der Waals surface area (Å²) in [5, 5.41) is 13.4. The van der Waals surface area contributed by atoms with E-state index >= 15 is 0 Å². The maximum absolute atomic E-state index is 11.8. The van der Waals surface area contributed by atoms with Crippen molar-refractivity contribution >= 4 is 35.5 Å². The van der Waals surface area contributed by atoms with Gasteiger partial charge in [0.1, 0.15) is 5.76 Å². The Morgan fingerprint density at radius 2 is 2.16 bits per heavy atom. The summed E-state index contributed by atoms with van der Waals surface area (Å²) >= 11 is 7.17. The molecular weight excluding hydrogens is 362 g/mol. The number of carbonyl (C=O) groups is 1. The second-order valence-electron chi connectivity index (χ2n) is 4.97. The molecule has 128 valence electrons. The number of benzene rings is 1. The molecule has 0 bridgehead atoms. The van der Waals surface area contributed by atoms with Gasteiger partial charge in [0.2, 0.25) is 0 Å². The van der Waals surface area contributed by atoms with Crippen molar-refractivity contribution in [2.45, 2.75) is 5.16 Å². The SMILES string of the molecule is Cn1c(SCC(=O)N/N=C/c2ccco2)nnc1-c1ccc(Cl)cc1. The predicted octanol–water partition coefficient (Wildman–Crippen LogP) is 2.97. The smallest absolute Gasteiger partial charge is 0.250 e. The van der Waals surface area contributed by atoms with Crippen LogP contribution >= 0.6 is 23.4 Å². The summed E-state index contributed by atoms with van der Waals surface area (Å²) in [6.07, 6.45) is 2.97. The lowest BCUT2D eigenvalue weighted by Crippen LogP contribution is -2.19. The molecule has 0 aliphatic carbocycles. The van der Waals surface area contributed by atoms with E-state index in [4.69, 9.17) is 16.0 Å². The molecule has 1 amide bonds. The van der Waals surface area contributed by atoms with Crippen molar-refractivity contribution in [2.75, 3.05) is 5.75 Å². The number of halogens is 1. The van der Waals surface area contributed by atoms with Gasteiger partial charge in [0.15, 0.2) is 11.0 Å². The molecule has 3 rings (SSSR count). The minimum Gasteiger partial charge on any atom is -0.463 e. The first kappa shape index (κ1) is 17.2. The number of hydrazone groups is 1. The number of aromatic nitrogens is 3. The van der Waals surface area contributed by atoms with Crippen LogP contribution in [0.5, 0.6) is 0 Å². The summed E-state index contributed by atoms with van der Waals surface area (Å²) in [7, 11) is 1.85. The molecule has 0 saturated carbocycles. The van der Waals surface area contributed by atoms with Gasteiger partial charge in [-0.2, -0.15) is 5.10 Å². The number of thioether (sulfide) groups is 1. The fourth-order valence-electron chi connectivity index (χ4n) is 1.99. The average molecular weight is 376 g/mol. The predicted molar refractivity (Wildman–Crippen MR) is 96.6 cm³/mol. The molecule has 0 saturated heterocycles. The lowest BCUT2D eigenvalue weighted by atomic mass is 10.2. The van der Waals surface area contributed by atoms with Gasteiger partial charge in [-0.3, -0.25) is 4.79 Å². The maximum atomic E-state index is 11.8. The molecule has 1 N–H and O–H groups in total. The number of nitrogens with zero attached hydrogens (tertiary/aromatic N) is 4. The third kappa shape index (κ3) is 4.49. The Labute approximate surface area is 153 Å². The van der Waals surface area contributed by atoms with Crippen molar-refractivity contribution in [1.29, 1.82) is 0 Å². The first-order valence-electron chi connectivity index (χ1n) is 7.27.